The van der Waals surface area contributed by atoms with E-state index in [0.717, 1.165) is 19.3 Å². The van der Waals surface area contributed by atoms with Gasteiger partial charge in [0.2, 0.25) is 0 Å². The third kappa shape index (κ3) is 3.08. The zero-order chi connectivity index (χ0) is 13.8. The molecule has 3 heteroatoms. The smallest absolute Gasteiger partial charge is 0.0601 e. The van der Waals surface area contributed by atoms with Crippen molar-refractivity contribution in [2.45, 2.75) is 58.5 Å². The van der Waals surface area contributed by atoms with E-state index in [0.29, 0.717) is 5.92 Å². The Kier molecular flexibility index (Phi) is 4.81. The van der Waals surface area contributed by atoms with Gasteiger partial charge in [0.15, 0.2) is 0 Å². The molecule has 2 N–H and O–H groups in total. The molecule has 0 aromatic heterocycles. The van der Waals surface area contributed by atoms with Crippen LogP contribution in [0.4, 0.5) is 10.2 Å². The number of rotatable bonds is 4. The second-order valence-corrected chi connectivity index (χ2v) is 5.75. The molecule has 0 spiro atoms. The summed E-state index contributed by atoms with van der Waals surface area (Å²) in [5.74, 6) is 0.431. The molecule has 106 valence electrons. The number of aryl methyl sites for hydroxylation is 2. The zero-order valence-electron chi connectivity index (χ0n) is 12.2. The SMILES string of the molecule is CCC1CCCC(Nc2c(C)cccc2C)C1NF. The van der Waals surface area contributed by atoms with Gasteiger partial charge in [-0.1, -0.05) is 38.0 Å². The van der Waals surface area contributed by atoms with E-state index in [9.17, 15) is 4.48 Å². The molecule has 0 saturated heterocycles. The third-order valence-corrected chi connectivity index (χ3v) is 4.49. The Labute approximate surface area is 115 Å². The fraction of sp³-hybridized carbons (Fsp3) is 0.625. The summed E-state index contributed by atoms with van der Waals surface area (Å²) in [6.07, 6.45) is 4.38. The van der Waals surface area contributed by atoms with Gasteiger partial charge in [0.1, 0.15) is 0 Å². The largest absolute Gasteiger partial charge is 0.380 e. The topological polar surface area (TPSA) is 24.1 Å². The predicted octanol–water partition coefficient (Wildman–Crippen LogP) is 4.14. The van der Waals surface area contributed by atoms with E-state index in [-0.39, 0.29) is 12.1 Å². The molecule has 0 heterocycles. The summed E-state index contributed by atoms with van der Waals surface area (Å²) in [5.41, 5.74) is 5.69. The van der Waals surface area contributed by atoms with Crippen molar-refractivity contribution >= 4 is 5.69 Å². The first-order chi connectivity index (χ1) is 9.17. The summed E-state index contributed by atoms with van der Waals surface area (Å²) in [6.45, 7) is 6.36. The van der Waals surface area contributed by atoms with Gasteiger partial charge in [-0.15, -0.1) is 4.48 Å². The van der Waals surface area contributed by atoms with Gasteiger partial charge >= 0.3 is 0 Å². The Balaban J connectivity index is 2.16. The molecule has 1 fully saturated rings. The second kappa shape index (κ2) is 6.38. The molecule has 1 aromatic rings. The van der Waals surface area contributed by atoms with Crippen molar-refractivity contribution in [3.63, 3.8) is 0 Å². The average molecular weight is 264 g/mol. The molecule has 3 atom stereocenters. The van der Waals surface area contributed by atoms with Crippen LogP contribution in [0.15, 0.2) is 18.2 Å². The molecule has 3 unspecified atom stereocenters. The van der Waals surface area contributed by atoms with Gasteiger partial charge in [-0.2, -0.15) is 5.54 Å². The van der Waals surface area contributed by atoms with Gasteiger partial charge in [-0.05, 0) is 43.7 Å². The van der Waals surface area contributed by atoms with E-state index in [1.165, 1.54) is 23.2 Å². The lowest BCUT2D eigenvalue weighted by Crippen LogP contribution is -2.48. The Morgan fingerprint density at radius 3 is 2.47 bits per heavy atom. The molecule has 1 aliphatic rings. The van der Waals surface area contributed by atoms with E-state index in [2.05, 4.69) is 49.8 Å². The monoisotopic (exact) mass is 264 g/mol. The Morgan fingerprint density at radius 1 is 1.21 bits per heavy atom. The van der Waals surface area contributed by atoms with Crippen LogP contribution < -0.4 is 10.9 Å². The number of nitrogens with one attached hydrogen (secondary N) is 2. The second-order valence-electron chi connectivity index (χ2n) is 5.75. The van der Waals surface area contributed by atoms with Crippen molar-refractivity contribution in [3.8, 4) is 0 Å². The standard InChI is InChI=1S/C16H25FN2/c1-4-13-9-6-10-14(16(13)19-17)18-15-11(2)7-5-8-12(15)3/h5,7-8,13-14,16,18-19H,4,6,9-10H2,1-3H3. The Hall–Kier alpha value is -1.09. The minimum Gasteiger partial charge on any atom is -0.380 e. The van der Waals surface area contributed by atoms with Crippen LogP contribution in [-0.2, 0) is 0 Å². The maximum absolute atomic E-state index is 13.2. The van der Waals surface area contributed by atoms with Crippen molar-refractivity contribution in [2.75, 3.05) is 5.32 Å². The highest BCUT2D eigenvalue weighted by Gasteiger charge is 2.32. The number of para-hydroxylation sites is 1. The molecule has 0 amide bonds. The number of hydrogen-bond acceptors (Lipinski definition) is 2. The summed E-state index contributed by atoms with van der Waals surface area (Å²) in [4.78, 5) is 0. The van der Waals surface area contributed by atoms with E-state index in [1.54, 1.807) is 0 Å². The maximum Gasteiger partial charge on any atom is 0.0601 e. The summed E-state index contributed by atoms with van der Waals surface area (Å²) in [5, 5.41) is 3.58. The van der Waals surface area contributed by atoms with Crippen LogP contribution in [0.5, 0.6) is 0 Å². The van der Waals surface area contributed by atoms with E-state index < -0.39 is 0 Å². The first kappa shape index (κ1) is 14.3. The van der Waals surface area contributed by atoms with Crippen molar-refractivity contribution in [1.82, 2.24) is 5.54 Å². The highest BCUT2D eigenvalue weighted by atomic mass is 19.2. The molecule has 2 nitrogen and oxygen atoms in total. The highest BCUT2D eigenvalue weighted by molar-refractivity contribution is 5.57. The fourth-order valence-electron chi connectivity index (χ4n) is 3.30. The molecule has 1 aliphatic carbocycles. The predicted molar refractivity (Wildman–Crippen MR) is 79.0 cm³/mol. The van der Waals surface area contributed by atoms with Crippen LogP contribution in [-0.4, -0.2) is 12.1 Å². The number of halogens is 1. The van der Waals surface area contributed by atoms with Crippen LogP contribution in [0.1, 0.15) is 43.7 Å². The summed E-state index contributed by atoms with van der Waals surface area (Å²) < 4.78 is 13.2. The van der Waals surface area contributed by atoms with Crippen LogP contribution in [0.3, 0.4) is 0 Å². The van der Waals surface area contributed by atoms with Gasteiger partial charge in [0, 0.05) is 11.7 Å². The number of anilines is 1. The summed E-state index contributed by atoms with van der Waals surface area (Å²) in [6, 6.07) is 6.39. The lowest BCUT2D eigenvalue weighted by molar-refractivity contribution is 0.151. The highest BCUT2D eigenvalue weighted by Crippen LogP contribution is 2.31. The molecule has 0 radical (unpaired) electrons. The van der Waals surface area contributed by atoms with Gasteiger partial charge in [0.05, 0.1) is 6.04 Å². The van der Waals surface area contributed by atoms with Gasteiger partial charge in [-0.3, -0.25) is 0 Å². The normalized spacial score (nSPS) is 27.3. The molecule has 0 bridgehead atoms. The third-order valence-electron chi connectivity index (χ3n) is 4.49. The van der Waals surface area contributed by atoms with Crippen molar-refractivity contribution in [3.05, 3.63) is 29.3 Å². The molecule has 1 aromatic carbocycles. The van der Waals surface area contributed by atoms with Crippen LogP contribution in [0.2, 0.25) is 0 Å². The number of benzene rings is 1. The maximum atomic E-state index is 13.2. The lowest BCUT2D eigenvalue weighted by Gasteiger charge is -2.37. The van der Waals surface area contributed by atoms with Crippen LogP contribution in [0, 0.1) is 19.8 Å². The Morgan fingerprint density at radius 2 is 1.89 bits per heavy atom. The number of hydrogen-bond donors (Lipinski definition) is 2. The van der Waals surface area contributed by atoms with Crippen molar-refractivity contribution in [2.24, 2.45) is 5.92 Å². The molecule has 0 aliphatic heterocycles. The quantitative estimate of drug-likeness (QED) is 0.799. The minimum atomic E-state index is -0.0715. The first-order valence-corrected chi connectivity index (χ1v) is 7.36. The van der Waals surface area contributed by atoms with Crippen molar-refractivity contribution in [1.29, 1.82) is 0 Å². The summed E-state index contributed by atoms with van der Waals surface area (Å²) >= 11 is 0. The zero-order valence-corrected chi connectivity index (χ0v) is 12.2. The van der Waals surface area contributed by atoms with E-state index in [4.69, 9.17) is 0 Å². The van der Waals surface area contributed by atoms with Crippen LogP contribution >= 0.6 is 0 Å². The fourth-order valence-corrected chi connectivity index (χ4v) is 3.30. The molecule has 19 heavy (non-hydrogen) atoms. The van der Waals surface area contributed by atoms with Gasteiger partial charge in [0.25, 0.3) is 0 Å². The van der Waals surface area contributed by atoms with Crippen molar-refractivity contribution < 1.29 is 4.48 Å². The lowest BCUT2D eigenvalue weighted by atomic mass is 9.79. The summed E-state index contributed by atoms with van der Waals surface area (Å²) in [7, 11) is 0. The molecular formula is C16H25FN2. The minimum absolute atomic E-state index is 0.0715. The van der Waals surface area contributed by atoms with Crippen LogP contribution in [0.25, 0.3) is 0 Å². The average Bonchev–Trinajstić information content (AvgIpc) is 2.42. The molecule has 1 saturated carbocycles. The van der Waals surface area contributed by atoms with E-state index in [1.807, 2.05) is 0 Å². The van der Waals surface area contributed by atoms with Gasteiger partial charge < -0.3 is 5.32 Å². The van der Waals surface area contributed by atoms with Gasteiger partial charge in [-0.25, -0.2) is 0 Å². The molecular weight excluding hydrogens is 239 g/mol. The molecule has 2 rings (SSSR count). The Bertz CT molecular complexity index is 399. The first-order valence-electron chi connectivity index (χ1n) is 7.36. The van der Waals surface area contributed by atoms with E-state index >= 15 is 0 Å².